The van der Waals surface area contributed by atoms with E-state index in [-0.39, 0.29) is 23.8 Å². The van der Waals surface area contributed by atoms with Crippen LogP contribution in [0.4, 0.5) is 5.69 Å². The first-order valence-electron chi connectivity index (χ1n) is 9.35. The Morgan fingerprint density at radius 1 is 1.22 bits per heavy atom. The minimum absolute atomic E-state index is 0.145. The van der Waals surface area contributed by atoms with Crippen LogP contribution in [0.5, 0.6) is 0 Å². The van der Waals surface area contributed by atoms with E-state index in [1.54, 1.807) is 6.07 Å². The van der Waals surface area contributed by atoms with Crippen molar-refractivity contribution in [1.29, 1.82) is 0 Å². The molecule has 1 aromatic rings. The Kier molecular flexibility index (Phi) is 7.33. The van der Waals surface area contributed by atoms with Crippen molar-refractivity contribution >= 4 is 17.6 Å². The highest BCUT2D eigenvalue weighted by molar-refractivity contribution is 5.78. The largest absolute Gasteiger partial charge is 0.460 e. The highest BCUT2D eigenvalue weighted by Crippen LogP contribution is 2.35. The molecule has 0 aromatic heterocycles. The normalized spacial score (nSPS) is 22.3. The lowest BCUT2D eigenvalue weighted by molar-refractivity contribution is -0.385. The van der Waals surface area contributed by atoms with Crippen LogP contribution in [-0.4, -0.2) is 29.6 Å². The molecule has 27 heavy (non-hydrogen) atoms. The van der Waals surface area contributed by atoms with Gasteiger partial charge in [0, 0.05) is 11.6 Å². The summed E-state index contributed by atoms with van der Waals surface area (Å²) in [5.74, 6) is -0.0439. The predicted molar refractivity (Wildman–Crippen MR) is 99.0 cm³/mol. The molecular weight excluding hydrogens is 350 g/mol. The van der Waals surface area contributed by atoms with Gasteiger partial charge >= 0.3 is 11.9 Å². The van der Waals surface area contributed by atoms with E-state index in [1.807, 2.05) is 0 Å². The number of carbonyl (C=O) groups excluding carboxylic acids is 2. The summed E-state index contributed by atoms with van der Waals surface area (Å²) >= 11 is 0. The number of carbonyl (C=O) groups is 2. The lowest BCUT2D eigenvalue weighted by atomic mass is 9.75. The maximum Gasteiger partial charge on any atom is 0.344 e. The number of esters is 2. The van der Waals surface area contributed by atoms with Gasteiger partial charge in [-0.15, -0.1) is 0 Å². The van der Waals surface area contributed by atoms with E-state index in [0.29, 0.717) is 17.8 Å². The van der Waals surface area contributed by atoms with Crippen molar-refractivity contribution < 1.29 is 24.0 Å². The van der Waals surface area contributed by atoms with Crippen LogP contribution in [0.15, 0.2) is 24.3 Å². The zero-order chi connectivity index (χ0) is 20.0. The van der Waals surface area contributed by atoms with Crippen molar-refractivity contribution in [2.45, 2.75) is 52.6 Å². The number of nitrogens with zero attached hydrogens (tertiary/aromatic N) is 1. The summed E-state index contributed by atoms with van der Waals surface area (Å²) in [4.78, 5) is 34.5. The molecular formula is C20H27NO6. The van der Waals surface area contributed by atoms with Gasteiger partial charge in [0.15, 0.2) is 6.61 Å². The fourth-order valence-electron chi connectivity index (χ4n) is 3.64. The van der Waals surface area contributed by atoms with Crippen LogP contribution in [0, 0.1) is 27.9 Å². The maximum atomic E-state index is 12.1. The molecule has 1 aromatic carbocycles. The molecule has 0 radical (unpaired) electrons. The SMILES string of the molecule is CC1CCC(C(C)C)C(OC(=O)COC(=O)Cc2ccccc2[N+](=O)[O-])C1. The van der Waals surface area contributed by atoms with Crippen LogP contribution >= 0.6 is 0 Å². The molecule has 1 aliphatic rings. The molecule has 2 rings (SSSR count). The number of benzene rings is 1. The van der Waals surface area contributed by atoms with E-state index in [1.165, 1.54) is 18.2 Å². The van der Waals surface area contributed by atoms with Gasteiger partial charge in [-0.1, -0.05) is 45.4 Å². The van der Waals surface area contributed by atoms with E-state index in [0.717, 1.165) is 19.3 Å². The minimum Gasteiger partial charge on any atom is -0.460 e. The van der Waals surface area contributed by atoms with Crippen molar-refractivity contribution in [2.24, 2.45) is 17.8 Å². The molecule has 7 nitrogen and oxygen atoms in total. The van der Waals surface area contributed by atoms with Crippen molar-refractivity contribution in [3.63, 3.8) is 0 Å². The maximum absolute atomic E-state index is 12.1. The Morgan fingerprint density at radius 3 is 2.59 bits per heavy atom. The van der Waals surface area contributed by atoms with Crippen molar-refractivity contribution in [2.75, 3.05) is 6.61 Å². The average molecular weight is 377 g/mol. The fraction of sp³-hybridized carbons (Fsp3) is 0.600. The molecule has 0 bridgehead atoms. The quantitative estimate of drug-likeness (QED) is 0.408. The molecule has 0 spiro atoms. The number of ether oxygens (including phenoxy) is 2. The Hall–Kier alpha value is -2.44. The Balaban J connectivity index is 1.86. The van der Waals surface area contributed by atoms with Gasteiger partial charge in [-0.25, -0.2) is 4.79 Å². The molecule has 3 unspecified atom stereocenters. The van der Waals surface area contributed by atoms with Crippen LogP contribution in [0.3, 0.4) is 0 Å². The number of para-hydroxylation sites is 1. The van der Waals surface area contributed by atoms with Gasteiger partial charge < -0.3 is 9.47 Å². The van der Waals surface area contributed by atoms with E-state index >= 15 is 0 Å². The van der Waals surface area contributed by atoms with Gasteiger partial charge in [0.1, 0.15) is 6.10 Å². The zero-order valence-electron chi connectivity index (χ0n) is 16.1. The zero-order valence-corrected chi connectivity index (χ0v) is 16.1. The van der Waals surface area contributed by atoms with Crippen LogP contribution < -0.4 is 0 Å². The summed E-state index contributed by atoms with van der Waals surface area (Å²) in [6, 6.07) is 5.96. The predicted octanol–water partition coefficient (Wildman–Crippen LogP) is 3.68. The number of nitro groups is 1. The first-order chi connectivity index (χ1) is 12.8. The fourth-order valence-corrected chi connectivity index (χ4v) is 3.64. The summed E-state index contributed by atoms with van der Waals surface area (Å²) < 4.78 is 10.5. The molecule has 0 N–H and O–H groups in total. The number of hydrogen-bond donors (Lipinski definition) is 0. The van der Waals surface area contributed by atoms with Crippen LogP contribution in [0.25, 0.3) is 0 Å². The summed E-state index contributed by atoms with van der Waals surface area (Å²) in [6.45, 7) is 5.90. The van der Waals surface area contributed by atoms with E-state index in [4.69, 9.17) is 9.47 Å². The number of nitro benzene ring substituents is 1. The van der Waals surface area contributed by atoms with Crippen LogP contribution in [0.2, 0.25) is 0 Å². The van der Waals surface area contributed by atoms with Gasteiger partial charge in [0.05, 0.1) is 11.3 Å². The molecule has 0 saturated heterocycles. The summed E-state index contributed by atoms with van der Waals surface area (Å²) in [5.41, 5.74) is 0.106. The van der Waals surface area contributed by atoms with E-state index < -0.39 is 23.5 Å². The Labute approximate surface area is 159 Å². The third kappa shape index (κ3) is 6.05. The van der Waals surface area contributed by atoms with E-state index in [9.17, 15) is 19.7 Å². The van der Waals surface area contributed by atoms with Gasteiger partial charge in [-0.2, -0.15) is 0 Å². The summed E-state index contributed by atoms with van der Waals surface area (Å²) in [5, 5.41) is 11.0. The first-order valence-corrected chi connectivity index (χ1v) is 9.35. The second kappa shape index (κ2) is 9.48. The third-order valence-corrected chi connectivity index (χ3v) is 5.12. The van der Waals surface area contributed by atoms with E-state index in [2.05, 4.69) is 20.8 Å². The monoisotopic (exact) mass is 377 g/mol. The molecule has 1 fully saturated rings. The minimum atomic E-state index is -0.696. The summed E-state index contributed by atoms with van der Waals surface area (Å²) in [6.07, 6.45) is 2.55. The van der Waals surface area contributed by atoms with Gasteiger partial charge in [0.25, 0.3) is 5.69 Å². The average Bonchev–Trinajstić information content (AvgIpc) is 2.60. The standard InChI is InChI=1S/C20H27NO6/c1-13(2)16-9-8-14(3)10-18(16)27-20(23)12-26-19(22)11-15-6-4-5-7-17(15)21(24)25/h4-7,13-14,16,18H,8-12H2,1-3H3. The van der Waals surface area contributed by atoms with Crippen molar-refractivity contribution in [3.8, 4) is 0 Å². The lowest BCUT2D eigenvalue weighted by Crippen LogP contribution is -2.36. The molecule has 7 heteroatoms. The van der Waals surface area contributed by atoms with Crippen molar-refractivity contribution in [3.05, 3.63) is 39.9 Å². The highest BCUT2D eigenvalue weighted by atomic mass is 16.6. The molecule has 1 saturated carbocycles. The summed E-state index contributed by atoms with van der Waals surface area (Å²) in [7, 11) is 0. The molecule has 0 aliphatic heterocycles. The van der Waals surface area contributed by atoms with Crippen molar-refractivity contribution in [1.82, 2.24) is 0 Å². The Bertz CT molecular complexity index is 687. The highest BCUT2D eigenvalue weighted by Gasteiger charge is 2.33. The number of rotatable bonds is 7. The second-order valence-electron chi connectivity index (χ2n) is 7.58. The molecule has 0 amide bonds. The van der Waals surface area contributed by atoms with Crippen LogP contribution in [-0.2, 0) is 25.5 Å². The Morgan fingerprint density at radius 2 is 1.93 bits per heavy atom. The van der Waals surface area contributed by atoms with Gasteiger partial charge in [-0.05, 0) is 30.6 Å². The molecule has 148 valence electrons. The first kappa shape index (κ1) is 20.9. The smallest absolute Gasteiger partial charge is 0.344 e. The van der Waals surface area contributed by atoms with Crippen LogP contribution in [0.1, 0.15) is 45.6 Å². The molecule has 1 aliphatic carbocycles. The topological polar surface area (TPSA) is 95.7 Å². The lowest BCUT2D eigenvalue weighted by Gasteiger charge is -2.36. The van der Waals surface area contributed by atoms with Gasteiger partial charge in [-0.3, -0.25) is 14.9 Å². The number of hydrogen-bond acceptors (Lipinski definition) is 6. The molecule has 3 atom stereocenters. The van der Waals surface area contributed by atoms with Gasteiger partial charge in [0.2, 0.25) is 0 Å². The second-order valence-corrected chi connectivity index (χ2v) is 7.58. The molecule has 0 heterocycles. The third-order valence-electron chi connectivity index (χ3n) is 5.12.